The highest BCUT2D eigenvalue weighted by atomic mass is 16.5. The molecule has 5 heteroatoms. The highest BCUT2D eigenvalue weighted by Crippen LogP contribution is 2.05. The predicted octanol–water partition coefficient (Wildman–Crippen LogP) is -0.317. The summed E-state index contributed by atoms with van der Waals surface area (Å²) in [7, 11) is 1.26. The highest BCUT2D eigenvalue weighted by Gasteiger charge is 2.21. The number of hydrogen-bond acceptors (Lipinski definition) is 4. The first-order valence-electron chi connectivity index (χ1n) is 4.49. The highest BCUT2D eigenvalue weighted by molar-refractivity contribution is 5.84. The van der Waals surface area contributed by atoms with Gasteiger partial charge in [0.05, 0.1) is 7.11 Å². The summed E-state index contributed by atoms with van der Waals surface area (Å²) in [6.07, 6.45) is 0.498. The molecule has 0 aromatic rings. The molecule has 1 amide bonds. The van der Waals surface area contributed by atoms with E-state index < -0.39 is 24.5 Å². The van der Waals surface area contributed by atoms with E-state index in [1.807, 2.05) is 13.8 Å². The van der Waals surface area contributed by atoms with E-state index in [0.717, 1.165) is 0 Å². The minimum atomic E-state index is -0.667. The van der Waals surface area contributed by atoms with E-state index in [0.29, 0.717) is 6.42 Å². The molecule has 1 atom stereocenters. The zero-order valence-corrected chi connectivity index (χ0v) is 8.74. The molecule has 0 aliphatic carbocycles. The fraction of sp³-hybridized carbons (Fsp3) is 0.778. The monoisotopic (exact) mass is 203 g/mol. The van der Waals surface area contributed by atoms with E-state index in [9.17, 15) is 9.59 Å². The standard InChI is InChI=1S/C9H17NO4/c1-6(2)4-7(9(13)14-3)10-8(12)5-11/h6-7,11H,4-5H2,1-3H3,(H,10,12)/t7-/m1/s1. The van der Waals surface area contributed by atoms with E-state index in [4.69, 9.17) is 5.11 Å². The van der Waals surface area contributed by atoms with Crippen LogP contribution in [-0.2, 0) is 14.3 Å². The lowest BCUT2D eigenvalue weighted by molar-refractivity contribution is -0.145. The number of aliphatic hydroxyl groups excluding tert-OH is 1. The Bertz CT molecular complexity index is 203. The summed E-state index contributed by atoms with van der Waals surface area (Å²) in [6.45, 7) is 3.24. The Morgan fingerprint density at radius 2 is 2.00 bits per heavy atom. The molecular weight excluding hydrogens is 186 g/mol. The van der Waals surface area contributed by atoms with Crippen LogP contribution < -0.4 is 5.32 Å². The summed E-state index contributed by atoms with van der Waals surface area (Å²) in [5, 5.41) is 10.9. The fourth-order valence-corrected chi connectivity index (χ4v) is 1.07. The first-order chi connectivity index (χ1) is 6.51. The second kappa shape index (κ2) is 6.37. The van der Waals surface area contributed by atoms with Gasteiger partial charge in [-0.25, -0.2) is 4.79 Å². The molecule has 82 valence electrons. The third-order valence-corrected chi connectivity index (χ3v) is 1.67. The van der Waals surface area contributed by atoms with Crippen LogP contribution in [0.1, 0.15) is 20.3 Å². The molecule has 0 heterocycles. The number of carbonyl (C=O) groups excluding carboxylic acids is 2. The van der Waals surface area contributed by atoms with E-state index >= 15 is 0 Å². The molecule has 0 saturated heterocycles. The van der Waals surface area contributed by atoms with Crippen molar-refractivity contribution in [2.24, 2.45) is 5.92 Å². The second-order valence-electron chi connectivity index (χ2n) is 3.43. The maximum absolute atomic E-state index is 11.2. The van der Waals surface area contributed by atoms with Crippen molar-refractivity contribution in [3.05, 3.63) is 0 Å². The Morgan fingerprint density at radius 1 is 1.43 bits per heavy atom. The smallest absolute Gasteiger partial charge is 0.328 e. The van der Waals surface area contributed by atoms with Gasteiger partial charge in [-0.1, -0.05) is 13.8 Å². The molecule has 0 fully saturated rings. The van der Waals surface area contributed by atoms with Gasteiger partial charge in [-0.2, -0.15) is 0 Å². The SMILES string of the molecule is COC(=O)[C@@H](CC(C)C)NC(=O)CO. The molecule has 0 saturated carbocycles. The number of esters is 1. The summed E-state index contributed by atoms with van der Waals surface area (Å²) in [5.41, 5.74) is 0. The van der Waals surface area contributed by atoms with Crippen LogP contribution in [0.25, 0.3) is 0 Å². The number of ether oxygens (including phenoxy) is 1. The van der Waals surface area contributed by atoms with Gasteiger partial charge in [0.15, 0.2) is 0 Å². The molecule has 5 nitrogen and oxygen atoms in total. The lowest BCUT2D eigenvalue weighted by atomic mass is 10.0. The molecule has 0 bridgehead atoms. The maximum atomic E-state index is 11.2. The number of nitrogens with one attached hydrogen (secondary N) is 1. The number of hydrogen-bond donors (Lipinski definition) is 2. The van der Waals surface area contributed by atoms with Crippen molar-refractivity contribution < 1.29 is 19.4 Å². The van der Waals surface area contributed by atoms with Crippen LogP contribution in [-0.4, -0.2) is 36.7 Å². The topological polar surface area (TPSA) is 75.6 Å². The van der Waals surface area contributed by atoms with Gasteiger partial charge in [-0.05, 0) is 12.3 Å². The summed E-state index contributed by atoms with van der Waals surface area (Å²) in [6, 6.07) is -0.667. The first-order valence-corrected chi connectivity index (χ1v) is 4.49. The Hall–Kier alpha value is -1.10. The number of carbonyl (C=O) groups is 2. The van der Waals surface area contributed by atoms with Crippen LogP contribution in [0.4, 0.5) is 0 Å². The van der Waals surface area contributed by atoms with E-state index in [1.54, 1.807) is 0 Å². The largest absolute Gasteiger partial charge is 0.467 e. The lowest BCUT2D eigenvalue weighted by Gasteiger charge is -2.17. The second-order valence-corrected chi connectivity index (χ2v) is 3.43. The molecule has 0 spiro atoms. The Balaban J connectivity index is 4.24. The van der Waals surface area contributed by atoms with Crippen molar-refractivity contribution in [3.63, 3.8) is 0 Å². The Morgan fingerprint density at radius 3 is 2.36 bits per heavy atom. The molecule has 2 N–H and O–H groups in total. The van der Waals surface area contributed by atoms with Crippen molar-refractivity contribution >= 4 is 11.9 Å². The molecular formula is C9H17NO4. The van der Waals surface area contributed by atoms with Gasteiger partial charge in [-0.3, -0.25) is 4.79 Å². The van der Waals surface area contributed by atoms with Crippen molar-refractivity contribution in [2.45, 2.75) is 26.3 Å². The summed E-state index contributed by atoms with van der Waals surface area (Å²) >= 11 is 0. The quantitative estimate of drug-likeness (QED) is 0.601. The minimum Gasteiger partial charge on any atom is -0.467 e. The van der Waals surface area contributed by atoms with Gasteiger partial charge in [-0.15, -0.1) is 0 Å². The Labute approximate surface area is 83.4 Å². The van der Waals surface area contributed by atoms with Crippen molar-refractivity contribution in [3.8, 4) is 0 Å². The van der Waals surface area contributed by atoms with Gasteiger partial charge < -0.3 is 15.2 Å². The maximum Gasteiger partial charge on any atom is 0.328 e. The van der Waals surface area contributed by atoms with Gasteiger partial charge in [0.2, 0.25) is 5.91 Å². The summed E-state index contributed by atoms with van der Waals surface area (Å²) in [5.74, 6) is -0.792. The van der Waals surface area contributed by atoms with E-state index in [1.165, 1.54) is 7.11 Å². The normalized spacial score (nSPS) is 12.4. The molecule has 0 aromatic carbocycles. The molecule has 0 radical (unpaired) electrons. The molecule has 0 aliphatic rings. The average molecular weight is 203 g/mol. The zero-order chi connectivity index (χ0) is 11.1. The number of rotatable bonds is 5. The minimum absolute atomic E-state index is 0.262. The summed E-state index contributed by atoms with van der Waals surface area (Å²) in [4.78, 5) is 22.0. The molecule has 0 aromatic heterocycles. The van der Waals surface area contributed by atoms with Gasteiger partial charge in [0.1, 0.15) is 12.6 Å². The van der Waals surface area contributed by atoms with Gasteiger partial charge in [0, 0.05) is 0 Å². The first kappa shape index (κ1) is 12.9. The number of amides is 1. The van der Waals surface area contributed by atoms with Crippen molar-refractivity contribution in [2.75, 3.05) is 13.7 Å². The van der Waals surface area contributed by atoms with E-state index in [2.05, 4.69) is 10.1 Å². The van der Waals surface area contributed by atoms with Crippen LogP contribution in [0, 0.1) is 5.92 Å². The average Bonchev–Trinajstić information content (AvgIpc) is 2.14. The molecule has 0 aliphatic heterocycles. The number of aliphatic hydroxyl groups is 1. The van der Waals surface area contributed by atoms with Gasteiger partial charge in [0.25, 0.3) is 0 Å². The van der Waals surface area contributed by atoms with Crippen LogP contribution in [0.2, 0.25) is 0 Å². The lowest BCUT2D eigenvalue weighted by Crippen LogP contribution is -2.43. The van der Waals surface area contributed by atoms with Crippen LogP contribution in [0.3, 0.4) is 0 Å². The van der Waals surface area contributed by atoms with E-state index in [-0.39, 0.29) is 5.92 Å². The summed E-state index contributed by atoms with van der Waals surface area (Å²) < 4.78 is 4.52. The third kappa shape index (κ3) is 4.81. The van der Waals surface area contributed by atoms with Gasteiger partial charge >= 0.3 is 5.97 Å². The predicted molar refractivity (Wildman–Crippen MR) is 50.5 cm³/mol. The van der Waals surface area contributed by atoms with Crippen molar-refractivity contribution in [1.82, 2.24) is 5.32 Å². The molecule has 0 rings (SSSR count). The van der Waals surface area contributed by atoms with Crippen molar-refractivity contribution in [1.29, 1.82) is 0 Å². The molecule has 14 heavy (non-hydrogen) atoms. The van der Waals surface area contributed by atoms with Crippen LogP contribution in [0.15, 0.2) is 0 Å². The third-order valence-electron chi connectivity index (χ3n) is 1.67. The zero-order valence-electron chi connectivity index (χ0n) is 8.74. The fourth-order valence-electron chi connectivity index (χ4n) is 1.07. The van der Waals surface area contributed by atoms with Crippen LogP contribution in [0.5, 0.6) is 0 Å². The van der Waals surface area contributed by atoms with Crippen LogP contribution >= 0.6 is 0 Å². The molecule has 0 unspecified atom stereocenters. The number of methoxy groups -OCH3 is 1. The Kier molecular flexibility index (Phi) is 5.87.